The van der Waals surface area contributed by atoms with Gasteiger partial charge in [-0.25, -0.2) is 0 Å². The first-order valence-electron chi connectivity index (χ1n) is 5.56. The Balaban J connectivity index is 1.85. The van der Waals surface area contributed by atoms with E-state index in [4.69, 9.17) is 4.74 Å². The van der Waals surface area contributed by atoms with Crippen molar-refractivity contribution in [3.8, 4) is 0 Å². The van der Waals surface area contributed by atoms with E-state index in [1.807, 2.05) is 0 Å². The molecule has 0 amide bonds. The molecule has 4 heteroatoms. The number of piperidine rings is 1. The molecular formula is C10H19NO2S. The van der Waals surface area contributed by atoms with Crippen LogP contribution in [0.25, 0.3) is 0 Å². The SMILES string of the molecule is O=S(C1CCNCC1)C1CCOCC1. The van der Waals surface area contributed by atoms with Gasteiger partial charge < -0.3 is 10.1 Å². The molecule has 0 spiro atoms. The van der Waals surface area contributed by atoms with Gasteiger partial charge in [-0.1, -0.05) is 0 Å². The van der Waals surface area contributed by atoms with Crippen molar-refractivity contribution < 1.29 is 8.95 Å². The highest BCUT2D eigenvalue weighted by molar-refractivity contribution is 7.86. The Bertz CT molecular complexity index is 178. The summed E-state index contributed by atoms with van der Waals surface area (Å²) in [6, 6.07) is 0. The fourth-order valence-electron chi connectivity index (χ4n) is 2.21. The normalized spacial score (nSPS) is 28.9. The molecule has 0 bridgehead atoms. The lowest BCUT2D eigenvalue weighted by atomic mass is 10.2. The molecule has 82 valence electrons. The van der Waals surface area contributed by atoms with Gasteiger partial charge in [0, 0.05) is 34.5 Å². The molecule has 0 aliphatic carbocycles. The molecule has 0 radical (unpaired) electrons. The Morgan fingerprint density at radius 1 is 1.00 bits per heavy atom. The maximum Gasteiger partial charge on any atom is 0.0477 e. The smallest absolute Gasteiger partial charge is 0.0477 e. The molecule has 2 fully saturated rings. The largest absolute Gasteiger partial charge is 0.381 e. The summed E-state index contributed by atoms with van der Waals surface area (Å²) in [4.78, 5) is 0. The molecule has 2 saturated heterocycles. The molecule has 0 aromatic rings. The Labute approximate surface area is 88.0 Å². The Morgan fingerprint density at radius 2 is 1.57 bits per heavy atom. The van der Waals surface area contributed by atoms with Crippen LogP contribution in [0.15, 0.2) is 0 Å². The molecule has 0 saturated carbocycles. The van der Waals surface area contributed by atoms with Gasteiger partial charge in [0.25, 0.3) is 0 Å². The minimum Gasteiger partial charge on any atom is -0.381 e. The van der Waals surface area contributed by atoms with Gasteiger partial charge in [0.05, 0.1) is 0 Å². The summed E-state index contributed by atoms with van der Waals surface area (Å²) in [5.74, 6) is 0. The van der Waals surface area contributed by atoms with Gasteiger partial charge >= 0.3 is 0 Å². The molecule has 2 heterocycles. The predicted octanol–water partition coefficient (Wildman–Crippen LogP) is 0.666. The minimum atomic E-state index is -0.613. The van der Waals surface area contributed by atoms with Gasteiger partial charge in [-0.2, -0.15) is 0 Å². The highest BCUT2D eigenvalue weighted by atomic mass is 32.2. The molecule has 0 aromatic heterocycles. The van der Waals surface area contributed by atoms with E-state index in [0.29, 0.717) is 10.5 Å². The molecule has 14 heavy (non-hydrogen) atoms. The average Bonchev–Trinajstić information content (AvgIpc) is 2.30. The highest BCUT2D eigenvalue weighted by Gasteiger charge is 2.27. The first kappa shape index (κ1) is 10.6. The van der Waals surface area contributed by atoms with E-state index >= 15 is 0 Å². The van der Waals surface area contributed by atoms with Crippen LogP contribution in [0.5, 0.6) is 0 Å². The number of hydrogen-bond donors (Lipinski definition) is 1. The molecule has 2 aliphatic heterocycles. The molecule has 1 unspecified atom stereocenters. The molecular weight excluding hydrogens is 198 g/mol. The molecule has 2 aliphatic rings. The molecule has 2 rings (SSSR count). The van der Waals surface area contributed by atoms with Crippen LogP contribution in [0.1, 0.15) is 25.7 Å². The first-order valence-corrected chi connectivity index (χ1v) is 6.83. The first-order chi connectivity index (χ1) is 6.88. The lowest BCUT2D eigenvalue weighted by molar-refractivity contribution is 0.0990. The maximum atomic E-state index is 12.2. The summed E-state index contributed by atoms with van der Waals surface area (Å²) in [7, 11) is -0.613. The third-order valence-corrected chi connectivity index (χ3v) is 5.37. The third-order valence-electron chi connectivity index (χ3n) is 3.11. The number of rotatable bonds is 2. The summed E-state index contributed by atoms with van der Waals surface area (Å²) in [6.45, 7) is 3.70. The van der Waals surface area contributed by atoms with Gasteiger partial charge in [-0.15, -0.1) is 0 Å². The monoisotopic (exact) mass is 217 g/mol. The van der Waals surface area contributed by atoms with Crippen LogP contribution in [-0.4, -0.2) is 41.0 Å². The summed E-state index contributed by atoms with van der Waals surface area (Å²) >= 11 is 0. The second kappa shape index (κ2) is 5.24. The second-order valence-corrected chi connectivity index (χ2v) is 6.08. The topological polar surface area (TPSA) is 38.3 Å². The van der Waals surface area contributed by atoms with Crippen molar-refractivity contribution in [1.29, 1.82) is 0 Å². The Kier molecular flexibility index (Phi) is 3.96. The maximum absolute atomic E-state index is 12.2. The number of nitrogens with one attached hydrogen (secondary N) is 1. The Morgan fingerprint density at radius 3 is 2.21 bits per heavy atom. The zero-order valence-corrected chi connectivity index (χ0v) is 9.35. The predicted molar refractivity (Wildman–Crippen MR) is 57.9 cm³/mol. The van der Waals surface area contributed by atoms with Crippen LogP contribution in [0, 0.1) is 0 Å². The van der Waals surface area contributed by atoms with Crippen molar-refractivity contribution in [3.63, 3.8) is 0 Å². The van der Waals surface area contributed by atoms with Crippen LogP contribution >= 0.6 is 0 Å². The van der Waals surface area contributed by atoms with E-state index in [1.165, 1.54) is 0 Å². The third kappa shape index (κ3) is 2.55. The lowest BCUT2D eigenvalue weighted by Crippen LogP contribution is -2.38. The van der Waals surface area contributed by atoms with Crippen molar-refractivity contribution in [2.75, 3.05) is 26.3 Å². The fourth-order valence-corrected chi connectivity index (χ4v) is 4.11. The number of hydrogen-bond acceptors (Lipinski definition) is 3. The summed E-state index contributed by atoms with van der Waals surface area (Å²) in [6.07, 6.45) is 4.17. The van der Waals surface area contributed by atoms with Crippen molar-refractivity contribution in [3.05, 3.63) is 0 Å². The minimum absolute atomic E-state index is 0.409. The summed E-state index contributed by atoms with van der Waals surface area (Å²) < 4.78 is 17.5. The standard InChI is InChI=1S/C10H19NO2S/c12-14(9-1-5-11-6-2-9)10-3-7-13-8-4-10/h9-11H,1-8H2. The van der Waals surface area contributed by atoms with Gasteiger partial charge in [0.2, 0.25) is 0 Å². The zero-order chi connectivity index (χ0) is 9.80. The fraction of sp³-hybridized carbons (Fsp3) is 1.00. The lowest BCUT2D eigenvalue weighted by Gasteiger charge is -2.28. The van der Waals surface area contributed by atoms with Crippen LogP contribution < -0.4 is 5.32 Å². The van der Waals surface area contributed by atoms with E-state index in [1.54, 1.807) is 0 Å². The van der Waals surface area contributed by atoms with Crippen molar-refractivity contribution >= 4 is 10.8 Å². The second-order valence-electron chi connectivity index (χ2n) is 4.09. The zero-order valence-electron chi connectivity index (χ0n) is 8.54. The Hall–Kier alpha value is 0.0700. The van der Waals surface area contributed by atoms with E-state index in [0.717, 1.165) is 52.0 Å². The molecule has 1 atom stereocenters. The van der Waals surface area contributed by atoms with Gasteiger partial charge in [0.1, 0.15) is 0 Å². The van der Waals surface area contributed by atoms with E-state index in [-0.39, 0.29) is 0 Å². The van der Waals surface area contributed by atoms with Crippen LogP contribution in [0.2, 0.25) is 0 Å². The average molecular weight is 217 g/mol. The van der Waals surface area contributed by atoms with Gasteiger partial charge in [-0.3, -0.25) is 4.21 Å². The van der Waals surface area contributed by atoms with Gasteiger partial charge in [-0.05, 0) is 38.8 Å². The van der Waals surface area contributed by atoms with Crippen molar-refractivity contribution in [2.45, 2.75) is 36.2 Å². The molecule has 0 aromatic carbocycles. The molecule has 3 nitrogen and oxygen atoms in total. The van der Waals surface area contributed by atoms with E-state index in [2.05, 4.69) is 5.32 Å². The molecule has 1 N–H and O–H groups in total. The van der Waals surface area contributed by atoms with Crippen molar-refractivity contribution in [1.82, 2.24) is 5.32 Å². The number of ether oxygens (including phenoxy) is 1. The summed E-state index contributed by atoms with van der Waals surface area (Å²) in [5.41, 5.74) is 0. The van der Waals surface area contributed by atoms with E-state index in [9.17, 15) is 4.21 Å². The quantitative estimate of drug-likeness (QED) is 0.738. The highest BCUT2D eigenvalue weighted by Crippen LogP contribution is 2.20. The summed E-state index contributed by atoms with van der Waals surface area (Å²) in [5, 5.41) is 4.17. The van der Waals surface area contributed by atoms with Crippen molar-refractivity contribution in [2.24, 2.45) is 0 Å². The van der Waals surface area contributed by atoms with Crippen LogP contribution in [0.4, 0.5) is 0 Å². The van der Waals surface area contributed by atoms with Crippen LogP contribution in [0.3, 0.4) is 0 Å². The van der Waals surface area contributed by atoms with Gasteiger partial charge in [0.15, 0.2) is 0 Å². The van der Waals surface area contributed by atoms with Crippen LogP contribution in [-0.2, 0) is 15.5 Å². The van der Waals surface area contributed by atoms with E-state index < -0.39 is 10.8 Å².